The van der Waals surface area contributed by atoms with Crippen molar-refractivity contribution in [2.45, 2.75) is 6.54 Å². The summed E-state index contributed by atoms with van der Waals surface area (Å²) >= 11 is 7.61. The van der Waals surface area contributed by atoms with Gasteiger partial charge in [0.25, 0.3) is 5.91 Å². The number of rotatable bonds is 6. The molecule has 1 N–H and O–H groups in total. The third kappa shape index (κ3) is 5.33. The molecular formula is C21H20ClN3O3S. The number of benzene rings is 2. The van der Waals surface area contributed by atoms with E-state index >= 15 is 0 Å². The highest BCUT2D eigenvalue weighted by atomic mass is 35.5. The first-order valence-corrected chi connectivity index (χ1v) is 10.5. The fourth-order valence-electron chi connectivity index (χ4n) is 2.93. The topological polar surface area (TPSA) is 63.7 Å². The Morgan fingerprint density at radius 2 is 2.00 bits per heavy atom. The van der Waals surface area contributed by atoms with Crippen molar-refractivity contribution < 1.29 is 14.3 Å². The maximum Gasteiger partial charge on any atom is 0.275 e. The Morgan fingerprint density at radius 3 is 2.79 bits per heavy atom. The molecule has 0 radical (unpaired) electrons. The summed E-state index contributed by atoms with van der Waals surface area (Å²) in [6, 6.07) is 14.5. The summed E-state index contributed by atoms with van der Waals surface area (Å²) in [5.41, 5.74) is 0.873. The van der Waals surface area contributed by atoms with E-state index in [2.05, 4.69) is 15.2 Å². The molecule has 0 atom stereocenters. The van der Waals surface area contributed by atoms with E-state index in [0.717, 1.165) is 37.9 Å². The zero-order chi connectivity index (χ0) is 20.1. The molecule has 3 aromatic rings. The van der Waals surface area contributed by atoms with Crippen LogP contribution in [0, 0.1) is 0 Å². The Kier molecular flexibility index (Phi) is 6.41. The highest BCUT2D eigenvalue weighted by molar-refractivity contribution is 7.09. The van der Waals surface area contributed by atoms with Gasteiger partial charge in [-0.1, -0.05) is 29.8 Å². The Hall–Kier alpha value is -2.45. The number of aromatic nitrogens is 1. The van der Waals surface area contributed by atoms with Crippen molar-refractivity contribution in [3.63, 3.8) is 0 Å². The van der Waals surface area contributed by atoms with Crippen LogP contribution in [-0.2, 0) is 11.3 Å². The van der Waals surface area contributed by atoms with Gasteiger partial charge >= 0.3 is 0 Å². The molecule has 0 bridgehead atoms. The maximum absolute atomic E-state index is 12.7. The minimum atomic E-state index is -0.297. The second-order valence-electron chi connectivity index (χ2n) is 6.52. The summed E-state index contributed by atoms with van der Waals surface area (Å²) in [6.45, 7) is 3.95. The zero-order valence-corrected chi connectivity index (χ0v) is 17.2. The van der Waals surface area contributed by atoms with Crippen LogP contribution in [0.15, 0.2) is 53.9 Å². The van der Waals surface area contributed by atoms with Crippen molar-refractivity contribution in [1.29, 1.82) is 0 Å². The van der Waals surface area contributed by atoms with Gasteiger partial charge in [0.1, 0.15) is 16.5 Å². The monoisotopic (exact) mass is 429 g/mol. The van der Waals surface area contributed by atoms with Gasteiger partial charge in [-0.15, -0.1) is 11.3 Å². The van der Waals surface area contributed by atoms with Gasteiger partial charge in [-0.2, -0.15) is 0 Å². The molecule has 6 nitrogen and oxygen atoms in total. The Balaban J connectivity index is 1.46. The van der Waals surface area contributed by atoms with Crippen LogP contribution in [0.3, 0.4) is 0 Å². The quantitative estimate of drug-likeness (QED) is 0.616. The van der Waals surface area contributed by atoms with E-state index in [-0.39, 0.29) is 5.91 Å². The predicted octanol–water partition coefficient (Wildman–Crippen LogP) is 4.67. The number of ether oxygens (including phenoxy) is 2. The summed E-state index contributed by atoms with van der Waals surface area (Å²) in [6.07, 6.45) is 0. The second-order valence-corrected chi connectivity index (χ2v) is 7.90. The molecule has 0 aliphatic carbocycles. The fraction of sp³-hybridized carbons (Fsp3) is 0.238. The SMILES string of the molecule is O=C(Nc1cc(Cl)ccc1Oc1ccccc1)c1csc(CN2CCOCC2)n1. The first-order chi connectivity index (χ1) is 14.2. The lowest BCUT2D eigenvalue weighted by Crippen LogP contribution is -2.35. The molecule has 4 rings (SSSR count). The lowest BCUT2D eigenvalue weighted by atomic mass is 10.2. The van der Waals surface area contributed by atoms with Crippen LogP contribution in [0.1, 0.15) is 15.5 Å². The van der Waals surface area contributed by atoms with Crippen LogP contribution in [-0.4, -0.2) is 42.1 Å². The van der Waals surface area contributed by atoms with Crippen molar-refractivity contribution in [2.24, 2.45) is 0 Å². The van der Waals surface area contributed by atoms with Gasteiger partial charge in [0.15, 0.2) is 5.75 Å². The number of nitrogens with zero attached hydrogens (tertiary/aromatic N) is 2. The maximum atomic E-state index is 12.7. The lowest BCUT2D eigenvalue weighted by molar-refractivity contribution is 0.0341. The summed E-state index contributed by atoms with van der Waals surface area (Å²) in [4.78, 5) is 19.5. The fourth-order valence-corrected chi connectivity index (χ4v) is 3.92. The van der Waals surface area contributed by atoms with Gasteiger partial charge in [-0.25, -0.2) is 4.98 Å². The van der Waals surface area contributed by atoms with Gasteiger partial charge in [-0.05, 0) is 30.3 Å². The predicted molar refractivity (Wildman–Crippen MR) is 114 cm³/mol. The molecule has 2 aromatic carbocycles. The van der Waals surface area contributed by atoms with Crippen molar-refractivity contribution >= 4 is 34.5 Å². The average molecular weight is 430 g/mol. The number of hydrogen-bond acceptors (Lipinski definition) is 6. The number of carbonyl (C=O) groups is 1. The van der Waals surface area contributed by atoms with E-state index in [9.17, 15) is 4.79 Å². The average Bonchev–Trinajstić information content (AvgIpc) is 3.20. The molecule has 1 saturated heterocycles. The Labute approximate surface area is 178 Å². The number of amides is 1. The smallest absolute Gasteiger partial charge is 0.275 e. The normalized spacial score (nSPS) is 14.5. The number of morpholine rings is 1. The van der Waals surface area contributed by atoms with Crippen molar-refractivity contribution in [3.05, 3.63) is 69.6 Å². The Bertz CT molecular complexity index is 974. The van der Waals surface area contributed by atoms with Gasteiger partial charge in [0.05, 0.1) is 25.4 Å². The van der Waals surface area contributed by atoms with Crippen LogP contribution >= 0.6 is 22.9 Å². The van der Waals surface area contributed by atoms with Crippen LogP contribution in [0.5, 0.6) is 11.5 Å². The number of hydrogen-bond donors (Lipinski definition) is 1. The van der Waals surface area contributed by atoms with E-state index in [0.29, 0.717) is 27.9 Å². The van der Waals surface area contributed by atoms with Crippen LogP contribution < -0.4 is 10.1 Å². The molecule has 150 valence electrons. The van der Waals surface area contributed by atoms with E-state index in [1.807, 2.05) is 30.3 Å². The molecule has 1 amide bonds. The number of halogens is 1. The summed E-state index contributed by atoms with van der Waals surface area (Å²) < 4.78 is 11.3. The molecule has 1 aliphatic rings. The molecule has 29 heavy (non-hydrogen) atoms. The largest absolute Gasteiger partial charge is 0.455 e. The molecule has 1 fully saturated rings. The molecular weight excluding hydrogens is 410 g/mol. The number of thiazole rings is 1. The standard InChI is InChI=1S/C21H20ClN3O3S/c22-15-6-7-19(28-16-4-2-1-3-5-16)17(12-15)24-21(26)18-14-29-20(23-18)13-25-8-10-27-11-9-25/h1-7,12,14H,8-11,13H2,(H,24,26). The third-order valence-corrected chi connectivity index (χ3v) is 5.48. The molecule has 8 heteroatoms. The highest BCUT2D eigenvalue weighted by Gasteiger charge is 2.17. The minimum Gasteiger partial charge on any atom is -0.455 e. The Morgan fingerprint density at radius 1 is 1.21 bits per heavy atom. The van der Waals surface area contributed by atoms with E-state index in [1.54, 1.807) is 23.6 Å². The minimum absolute atomic E-state index is 0.297. The van der Waals surface area contributed by atoms with Gasteiger partial charge in [0.2, 0.25) is 0 Å². The number of carbonyl (C=O) groups excluding carboxylic acids is 1. The van der Waals surface area contributed by atoms with Crippen LogP contribution in [0.2, 0.25) is 5.02 Å². The van der Waals surface area contributed by atoms with Crippen LogP contribution in [0.25, 0.3) is 0 Å². The number of anilines is 1. The number of para-hydroxylation sites is 1. The summed E-state index contributed by atoms with van der Waals surface area (Å²) in [7, 11) is 0. The first-order valence-electron chi connectivity index (χ1n) is 9.26. The molecule has 0 unspecified atom stereocenters. The lowest BCUT2D eigenvalue weighted by Gasteiger charge is -2.25. The molecule has 0 saturated carbocycles. The van der Waals surface area contributed by atoms with Crippen LogP contribution in [0.4, 0.5) is 5.69 Å². The van der Waals surface area contributed by atoms with E-state index in [4.69, 9.17) is 21.1 Å². The molecule has 1 aromatic heterocycles. The zero-order valence-electron chi connectivity index (χ0n) is 15.6. The van der Waals surface area contributed by atoms with Gasteiger partial charge < -0.3 is 14.8 Å². The van der Waals surface area contributed by atoms with Gasteiger partial charge in [-0.3, -0.25) is 9.69 Å². The molecule has 0 spiro atoms. The second kappa shape index (κ2) is 9.37. The first kappa shape index (κ1) is 19.8. The van der Waals surface area contributed by atoms with Crippen molar-refractivity contribution in [2.75, 3.05) is 31.6 Å². The third-order valence-electron chi connectivity index (χ3n) is 4.41. The van der Waals surface area contributed by atoms with E-state index in [1.165, 1.54) is 11.3 Å². The van der Waals surface area contributed by atoms with Crippen molar-refractivity contribution in [3.8, 4) is 11.5 Å². The van der Waals surface area contributed by atoms with Gasteiger partial charge in [0, 0.05) is 23.5 Å². The highest BCUT2D eigenvalue weighted by Crippen LogP contribution is 2.32. The summed E-state index contributed by atoms with van der Waals surface area (Å²) in [5, 5.41) is 6.05. The number of nitrogens with one attached hydrogen (secondary N) is 1. The van der Waals surface area contributed by atoms with Crippen molar-refractivity contribution in [1.82, 2.24) is 9.88 Å². The summed E-state index contributed by atoms with van der Waals surface area (Å²) in [5.74, 6) is 0.888. The molecule has 2 heterocycles. The van der Waals surface area contributed by atoms with E-state index < -0.39 is 0 Å². The molecule has 1 aliphatic heterocycles.